The number of rotatable bonds is 6. The fourth-order valence-corrected chi connectivity index (χ4v) is 2.36. The fraction of sp³-hybridized carbons (Fsp3) is 0.500. The first kappa shape index (κ1) is 14.8. The molecule has 0 spiro atoms. The summed E-state index contributed by atoms with van der Waals surface area (Å²) in [5.41, 5.74) is 1.17. The molecule has 1 aliphatic carbocycles. The highest BCUT2D eigenvalue weighted by Crippen LogP contribution is 2.34. The van der Waals surface area contributed by atoms with Gasteiger partial charge in [0.15, 0.2) is 0 Å². The summed E-state index contributed by atoms with van der Waals surface area (Å²) in [7, 11) is 0. The summed E-state index contributed by atoms with van der Waals surface area (Å²) in [5, 5.41) is 12.0. The van der Waals surface area contributed by atoms with E-state index in [1.807, 2.05) is 6.92 Å². The average Bonchev–Trinajstić information content (AvgIpc) is 3.20. The summed E-state index contributed by atoms with van der Waals surface area (Å²) in [4.78, 5) is 27.1. The number of hydrogen-bond acceptors (Lipinski definition) is 3. The van der Waals surface area contributed by atoms with E-state index < -0.39 is 5.97 Å². The molecule has 2 N–H and O–H groups in total. The van der Waals surface area contributed by atoms with Crippen molar-refractivity contribution in [1.29, 1.82) is 0 Å². The van der Waals surface area contributed by atoms with Crippen molar-refractivity contribution >= 4 is 23.5 Å². The van der Waals surface area contributed by atoms with E-state index in [1.165, 1.54) is 6.07 Å². The highest BCUT2D eigenvalue weighted by Gasteiger charge is 2.33. The third-order valence-electron chi connectivity index (χ3n) is 3.37. The van der Waals surface area contributed by atoms with Gasteiger partial charge < -0.3 is 10.4 Å². The second kappa shape index (κ2) is 6.22. The second-order valence-corrected chi connectivity index (χ2v) is 5.43. The average molecular weight is 297 g/mol. The van der Waals surface area contributed by atoms with Crippen LogP contribution in [-0.2, 0) is 11.2 Å². The normalized spacial score (nSPS) is 15.7. The summed E-state index contributed by atoms with van der Waals surface area (Å²) >= 11 is 5.88. The van der Waals surface area contributed by atoms with Gasteiger partial charge in [-0.05, 0) is 37.3 Å². The summed E-state index contributed by atoms with van der Waals surface area (Å²) < 4.78 is 0. The first-order valence-corrected chi connectivity index (χ1v) is 7.06. The maximum Gasteiger partial charge on any atom is 0.305 e. The Bertz CT molecular complexity index is 529. The highest BCUT2D eigenvalue weighted by molar-refractivity contribution is 6.29. The lowest BCUT2D eigenvalue weighted by atomic mass is 10.1. The number of aromatic nitrogens is 1. The largest absolute Gasteiger partial charge is 0.481 e. The number of carboxylic acids is 1. The minimum absolute atomic E-state index is 0.0458. The predicted molar refractivity (Wildman–Crippen MR) is 74.9 cm³/mol. The van der Waals surface area contributed by atoms with E-state index in [9.17, 15) is 9.59 Å². The lowest BCUT2D eigenvalue weighted by Gasteiger charge is -2.16. The van der Waals surface area contributed by atoms with Gasteiger partial charge in [0.25, 0.3) is 5.91 Å². The third-order valence-corrected chi connectivity index (χ3v) is 3.57. The quantitative estimate of drug-likeness (QED) is 0.789. The predicted octanol–water partition coefficient (Wildman–Crippen LogP) is 2.28. The summed E-state index contributed by atoms with van der Waals surface area (Å²) in [6.45, 7) is 1.93. The maximum absolute atomic E-state index is 12.2. The van der Waals surface area contributed by atoms with E-state index in [2.05, 4.69) is 10.3 Å². The number of carbonyl (C=O) groups is 2. The molecule has 1 aromatic rings. The van der Waals surface area contributed by atoms with Gasteiger partial charge >= 0.3 is 5.97 Å². The first-order valence-electron chi connectivity index (χ1n) is 6.68. The van der Waals surface area contributed by atoms with Crippen molar-refractivity contribution in [3.63, 3.8) is 0 Å². The Balaban J connectivity index is 2.09. The van der Waals surface area contributed by atoms with Crippen molar-refractivity contribution in [3.05, 3.63) is 28.5 Å². The zero-order chi connectivity index (χ0) is 14.7. The molecule has 20 heavy (non-hydrogen) atoms. The number of amides is 1. The molecule has 1 aliphatic rings. The number of halogens is 1. The monoisotopic (exact) mass is 296 g/mol. The Morgan fingerprint density at radius 3 is 2.75 bits per heavy atom. The molecule has 0 saturated heterocycles. The Morgan fingerprint density at radius 1 is 1.50 bits per heavy atom. The number of nitrogens with one attached hydrogen (secondary N) is 1. The maximum atomic E-state index is 12.2. The van der Waals surface area contributed by atoms with Crippen LogP contribution in [0.15, 0.2) is 12.1 Å². The van der Waals surface area contributed by atoms with Gasteiger partial charge in [-0.3, -0.25) is 9.59 Å². The van der Waals surface area contributed by atoms with Crippen LogP contribution in [0.5, 0.6) is 0 Å². The van der Waals surface area contributed by atoms with Gasteiger partial charge in [0.05, 0.1) is 6.42 Å². The number of carbonyl (C=O) groups excluding carboxylic acids is 1. The van der Waals surface area contributed by atoms with Crippen LogP contribution in [0, 0.1) is 5.92 Å². The number of aryl methyl sites for hydroxylation is 1. The number of nitrogens with zero attached hydrogens (tertiary/aromatic N) is 1. The van der Waals surface area contributed by atoms with Crippen molar-refractivity contribution in [1.82, 2.24) is 10.3 Å². The van der Waals surface area contributed by atoms with Gasteiger partial charge in [-0.25, -0.2) is 4.98 Å². The minimum Gasteiger partial charge on any atom is -0.481 e. The van der Waals surface area contributed by atoms with Crippen molar-refractivity contribution < 1.29 is 14.7 Å². The van der Waals surface area contributed by atoms with Crippen LogP contribution in [0.25, 0.3) is 0 Å². The summed E-state index contributed by atoms with van der Waals surface area (Å²) in [5.74, 6) is -0.913. The molecule has 1 fully saturated rings. The van der Waals surface area contributed by atoms with Crippen LogP contribution in [0.3, 0.4) is 0 Å². The zero-order valence-corrected chi connectivity index (χ0v) is 12.0. The molecule has 1 unspecified atom stereocenters. The fourth-order valence-electron chi connectivity index (χ4n) is 2.14. The van der Waals surface area contributed by atoms with E-state index in [-0.39, 0.29) is 29.4 Å². The SMILES string of the molecule is CCc1cc(C(=O)NC(CC(=O)O)C2CC2)cc(Cl)n1. The number of hydrogen-bond donors (Lipinski definition) is 2. The van der Waals surface area contributed by atoms with Gasteiger partial charge in [0.2, 0.25) is 0 Å². The minimum atomic E-state index is -0.899. The Kier molecular flexibility index (Phi) is 4.60. The van der Waals surface area contributed by atoms with Crippen LogP contribution < -0.4 is 5.32 Å². The van der Waals surface area contributed by atoms with Crippen molar-refractivity contribution in [3.8, 4) is 0 Å². The molecule has 2 rings (SSSR count). The highest BCUT2D eigenvalue weighted by atomic mass is 35.5. The summed E-state index contributed by atoms with van der Waals surface area (Å²) in [6.07, 6.45) is 2.57. The van der Waals surface area contributed by atoms with E-state index in [0.29, 0.717) is 12.0 Å². The molecule has 1 amide bonds. The van der Waals surface area contributed by atoms with E-state index in [0.717, 1.165) is 18.5 Å². The topological polar surface area (TPSA) is 79.3 Å². The molecule has 0 aliphatic heterocycles. The van der Waals surface area contributed by atoms with Crippen LogP contribution in [0.1, 0.15) is 42.2 Å². The Labute approximate surface area is 122 Å². The summed E-state index contributed by atoms with van der Waals surface area (Å²) in [6, 6.07) is 2.88. The molecule has 1 saturated carbocycles. The lowest BCUT2D eigenvalue weighted by molar-refractivity contribution is -0.137. The van der Waals surface area contributed by atoms with Crippen molar-refractivity contribution in [2.24, 2.45) is 5.92 Å². The molecule has 1 heterocycles. The molecule has 6 heteroatoms. The molecule has 1 aromatic heterocycles. The lowest BCUT2D eigenvalue weighted by Crippen LogP contribution is -2.38. The smallest absolute Gasteiger partial charge is 0.305 e. The van der Waals surface area contributed by atoms with Crippen LogP contribution >= 0.6 is 11.6 Å². The van der Waals surface area contributed by atoms with Crippen LogP contribution in [0.2, 0.25) is 5.15 Å². The molecule has 0 aromatic carbocycles. The van der Waals surface area contributed by atoms with E-state index in [1.54, 1.807) is 6.07 Å². The Hall–Kier alpha value is -1.62. The van der Waals surface area contributed by atoms with Crippen LogP contribution in [0.4, 0.5) is 0 Å². The van der Waals surface area contributed by atoms with Crippen molar-refractivity contribution in [2.45, 2.75) is 38.6 Å². The third kappa shape index (κ3) is 3.93. The molecule has 1 atom stereocenters. The molecule has 0 radical (unpaired) electrons. The second-order valence-electron chi connectivity index (χ2n) is 5.04. The van der Waals surface area contributed by atoms with Gasteiger partial charge in [0.1, 0.15) is 5.15 Å². The molecule has 0 bridgehead atoms. The first-order chi connectivity index (χ1) is 9.49. The molecular weight excluding hydrogens is 280 g/mol. The molecule has 5 nitrogen and oxygen atoms in total. The van der Waals surface area contributed by atoms with E-state index >= 15 is 0 Å². The van der Waals surface area contributed by atoms with Crippen LogP contribution in [-0.4, -0.2) is 28.0 Å². The molecule has 108 valence electrons. The van der Waals surface area contributed by atoms with Gasteiger partial charge in [-0.1, -0.05) is 18.5 Å². The standard InChI is InChI=1S/C14H17ClN2O3/c1-2-10-5-9(6-12(15)16-10)14(20)17-11(7-13(18)19)8-3-4-8/h5-6,8,11H,2-4,7H2,1H3,(H,17,20)(H,18,19). The number of aliphatic carboxylic acids is 1. The van der Waals surface area contributed by atoms with Gasteiger partial charge in [0, 0.05) is 17.3 Å². The Morgan fingerprint density at radius 2 is 2.20 bits per heavy atom. The molecular formula is C14H17ClN2O3. The number of carboxylic acid groups (broad SMARTS) is 1. The zero-order valence-electron chi connectivity index (χ0n) is 11.2. The number of pyridine rings is 1. The van der Waals surface area contributed by atoms with E-state index in [4.69, 9.17) is 16.7 Å². The van der Waals surface area contributed by atoms with Crippen molar-refractivity contribution in [2.75, 3.05) is 0 Å². The van der Waals surface area contributed by atoms with Gasteiger partial charge in [-0.15, -0.1) is 0 Å². The van der Waals surface area contributed by atoms with Gasteiger partial charge in [-0.2, -0.15) is 0 Å².